The molecule has 0 saturated carbocycles. The number of nitrogens with zero attached hydrogens (tertiary/aromatic N) is 1. The van der Waals surface area contributed by atoms with Crippen molar-refractivity contribution in [3.05, 3.63) is 48.6 Å². The van der Waals surface area contributed by atoms with Crippen molar-refractivity contribution in [2.45, 2.75) is 45.6 Å². The number of hydrogen-bond donors (Lipinski definition) is 0. The molecule has 1 saturated heterocycles. The summed E-state index contributed by atoms with van der Waals surface area (Å²) < 4.78 is 5.17. The maximum Gasteiger partial charge on any atom is 0.416 e. The average Bonchev–Trinajstić information content (AvgIpc) is 2.92. The van der Waals surface area contributed by atoms with E-state index >= 15 is 0 Å². The van der Waals surface area contributed by atoms with Gasteiger partial charge in [0.25, 0.3) is 0 Å². The maximum absolute atomic E-state index is 12.9. The molecular formula is C20H27NO3. The van der Waals surface area contributed by atoms with E-state index in [2.05, 4.69) is 20.4 Å². The van der Waals surface area contributed by atoms with Gasteiger partial charge in [-0.3, -0.25) is 4.79 Å². The zero-order chi connectivity index (χ0) is 17.5. The molecule has 0 N–H and O–H groups in total. The Balaban J connectivity index is 2.10. The first kappa shape index (κ1) is 18.2. The lowest BCUT2D eigenvalue weighted by Gasteiger charge is -2.25. The summed E-state index contributed by atoms with van der Waals surface area (Å²) in [5.74, 6) is 0.198. The average molecular weight is 329 g/mol. The van der Waals surface area contributed by atoms with Gasteiger partial charge in [0.05, 0.1) is 6.04 Å². The lowest BCUT2D eigenvalue weighted by molar-refractivity contribution is -0.133. The van der Waals surface area contributed by atoms with Crippen LogP contribution in [0, 0.1) is 11.8 Å². The monoisotopic (exact) mass is 329 g/mol. The highest BCUT2D eigenvalue weighted by Gasteiger charge is 2.40. The van der Waals surface area contributed by atoms with Crippen LogP contribution in [0.15, 0.2) is 43.0 Å². The molecule has 1 aromatic rings. The van der Waals surface area contributed by atoms with Crippen LogP contribution in [-0.4, -0.2) is 29.5 Å². The van der Waals surface area contributed by atoms with Gasteiger partial charge in [0.1, 0.15) is 6.61 Å². The quantitative estimate of drug-likeness (QED) is 0.671. The molecule has 0 aromatic heterocycles. The number of ether oxygens (including phenoxy) is 1. The summed E-state index contributed by atoms with van der Waals surface area (Å²) in [6, 6.07) is 9.66. The van der Waals surface area contributed by atoms with Crippen molar-refractivity contribution in [1.82, 2.24) is 4.90 Å². The molecule has 0 bridgehead atoms. The minimum absolute atomic E-state index is 0.126. The normalized spacial score (nSPS) is 18.5. The first-order valence-corrected chi connectivity index (χ1v) is 8.67. The van der Waals surface area contributed by atoms with E-state index in [1.165, 1.54) is 4.90 Å². The van der Waals surface area contributed by atoms with E-state index in [1.54, 1.807) is 6.08 Å². The number of allylic oxidation sites excluding steroid dienone is 1. The van der Waals surface area contributed by atoms with E-state index in [9.17, 15) is 9.59 Å². The summed E-state index contributed by atoms with van der Waals surface area (Å²) in [6.45, 7) is 8.30. The van der Waals surface area contributed by atoms with E-state index in [4.69, 9.17) is 4.74 Å². The maximum atomic E-state index is 12.9. The highest BCUT2D eigenvalue weighted by atomic mass is 16.6. The summed E-state index contributed by atoms with van der Waals surface area (Å²) in [6.07, 6.45) is 4.19. The third-order valence-corrected chi connectivity index (χ3v) is 4.41. The van der Waals surface area contributed by atoms with Gasteiger partial charge in [-0.1, -0.05) is 56.7 Å². The van der Waals surface area contributed by atoms with Crippen LogP contribution in [0.1, 0.15) is 38.7 Å². The second-order valence-electron chi connectivity index (χ2n) is 6.82. The van der Waals surface area contributed by atoms with Crippen LogP contribution in [0.5, 0.6) is 0 Å². The van der Waals surface area contributed by atoms with E-state index in [-0.39, 0.29) is 24.5 Å². The lowest BCUT2D eigenvalue weighted by Crippen LogP contribution is -2.43. The molecule has 1 heterocycles. The standard InChI is InChI=1S/C20H27NO3/c1-4-8-17(12-11-15(2)3)19(22)21-18(14-24-20(21)23)13-16-9-6-5-7-10-16/h4-7,9-10,15,17-18H,1,8,11-14H2,2-3H3/t17-,18?/m1/s1. The van der Waals surface area contributed by atoms with E-state index < -0.39 is 6.09 Å². The first-order valence-electron chi connectivity index (χ1n) is 8.67. The van der Waals surface area contributed by atoms with Gasteiger partial charge >= 0.3 is 6.09 Å². The van der Waals surface area contributed by atoms with Crippen molar-refractivity contribution in [2.24, 2.45) is 11.8 Å². The topological polar surface area (TPSA) is 46.6 Å². The molecule has 1 aromatic carbocycles. The highest BCUT2D eigenvalue weighted by Crippen LogP contribution is 2.24. The minimum atomic E-state index is -0.514. The summed E-state index contributed by atoms with van der Waals surface area (Å²) in [5.41, 5.74) is 1.10. The summed E-state index contributed by atoms with van der Waals surface area (Å²) in [4.78, 5) is 26.4. The van der Waals surface area contributed by atoms with Crippen molar-refractivity contribution in [3.63, 3.8) is 0 Å². The zero-order valence-corrected chi connectivity index (χ0v) is 14.6. The minimum Gasteiger partial charge on any atom is -0.447 e. The molecule has 1 fully saturated rings. The molecule has 2 atom stereocenters. The van der Waals surface area contributed by atoms with Crippen LogP contribution >= 0.6 is 0 Å². The van der Waals surface area contributed by atoms with Crippen molar-refractivity contribution < 1.29 is 14.3 Å². The predicted molar refractivity (Wildman–Crippen MR) is 94.5 cm³/mol. The fourth-order valence-corrected chi connectivity index (χ4v) is 3.04. The number of carbonyl (C=O) groups excluding carboxylic acids is 2. The number of carbonyl (C=O) groups is 2. The third kappa shape index (κ3) is 4.70. The molecule has 1 aliphatic rings. The Morgan fingerprint density at radius 3 is 2.67 bits per heavy atom. The van der Waals surface area contributed by atoms with Gasteiger partial charge in [0, 0.05) is 5.92 Å². The predicted octanol–water partition coefficient (Wildman–Crippen LogP) is 4.21. The first-order chi connectivity index (χ1) is 11.5. The molecule has 1 aliphatic heterocycles. The largest absolute Gasteiger partial charge is 0.447 e. The molecule has 2 rings (SSSR count). The molecule has 0 aliphatic carbocycles. The number of cyclic esters (lactones) is 1. The molecule has 0 spiro atoms. The van der Waals surface area contributed by atoms with Gasteiger partial charge in [-0.15, -0.1) is 6.58 Å². The fraction of sp³-hybridized carbons (Fsp3) is 0.500. The molecule has 24 heavy (non-hydrogen) atoms. The van der Waals surface area contributed by atoms with Gasteiger partial charge in [-0.2, -0.15) is 0 Å². The van der Waals surface area contributed by atoms with Crippen LogP contribution in [-0.2, 0) is 16.0 Å². The van der Waals surface area contributed by atoms with E-state index in [0.29, 0.717) is 18.8 Å². The Labute approximate surface area is 144 Å². The number of rotatable bonds is 8. The zero-order valence-electron chi connectivity index (χ0n) is 14.6. The van der Waals surface area contributed by atoms with E-state index in [1.807, 2.05) is 30.3 Å². The van der Waals surface area contributed by atoms with Crippen molar-refractivity contribution in [2.75, 3.05) is 6.61 Å². The van der Waals surface area contributed by atoms with Crippen LogP contribution in [0.4, 0.5) is 4.79 Å². The number of hydrogen-bond acceptors (Lipinski definition) is 3. The summed E-state index contributed by atoms with van der Waals surface area (Å²) >= 11 is 0. The summed E-state index contributed by atoms with van der Waals surface area (Å²) in [7, 11) is 0. The van der Waals surface area contributed by atoms with Crippen LogP contribution in [0.3, 0.4) is 0 Å². The fourth-order valence-electron chi connectivity index (χ4n) is 3.04. The molecule has 130 valence electrons. The second-order valence-corrected chi connectivity index (χ2v) is 6.82. The van der Waals surface area contributed by atoms with Gasteiger partial charge in [-0.25, -0.2) is 9.69 Å². The smallest absolute Gasteiger partial charge is 0.416 e. The van der Waals surface area contributed by atoms with Gasteiger partial charge in [0.15, 0.2) is 0 Å². The Bertz CT molecular complexity index is 568. The molecule has 0 radical (unpaired) electrons. The number of amides is 2. The van der Waals surface area contributed by atoms with Crippen molar-refractivity contribution >= 4 is 12.0 Å². The number of imide groups is 1. The molecule has 4 heteroatoms. The molecule has 2 amide bonds. The highest BCUT2D eigenvalue weighted by molar-refractivity contribution is 5.94. The van der Waals surface area contributed by atoms with Crippen LogP contribution < -0.4 is 0 Å². The Kier molecular flexibility index (Phi) is 6.59. The SMILES string of the molecule is C=CC[C@H](CCC(C)C)C(=O)N1C(=O)OCC1Cc1ccccc1. The second kappa shape index (κ2) is 8.67. The summed E-state index contributed by atoms with van der Waals surface area (Å²) in [5, 5.41) is 0. The Morgan fingerprint density at radius 1 is 1.33 bits per heavy atom. The number of benzene rings is 1. The van der Waals surface area contributed by atoms with Crippen LogP contribution in [0.25, 0.3) is 0 Å². The van der Waals surface area contributed by atoms with Gasteiger partial charge in [-0.05, 0) is 30.7 Å². The third-order valence-electron chi connectivity index (χ3n) is 4.41. The molecule has 4 nitrogen and oxygen atoms in total. The Morgan fingerprint density at radius 2 is 2.04 bits per heavy atom. The Hall–Kier alpha value is -2.10. The van der Waals surface area contributed by atoms with Crippen LogP contribution in [0.2, 0.25) is 0 Å². The van der Waals surface area contributed by atoms with Crippen molar-refractivity contribution in [3.8, 4) is 0 Å². The van der Waals surface area contributed by atoms with E-state index in [0.717, 1.165) is 18.4 Å². The molecule has 1 unspecified atom stereocenters. The molecular weight excluding hydrogens is 302 g/mol. The van der Waals surface area contributed by atoms with Crippen molar-refractivity contribution in [1.29, 1.82) is 0 Å². The van der Waals surface area contributed by atoms with Gasteiger partial charge in [0.2, 0.25) is 5.91 Å². The van der Waals surface area contributed by atoms with Gasteiger partial charge < -0.3 is 4.74 Å². The lowest BCUT2D eigenvalue weighted by atomic mass is 9.93.